The summed E-state index contributed by atoms with van der Waals surface area (Å²) in [4.78, 5) is 1.94. The minimum atomic E-state index is -4.46. The molecule has 1 aromatic heterocycles. The van der Waals surface area contributed by atoms with E-state index in [0.717, 1.165) is 25.3 Å². The maximum Gasteiger partial charge on any atom is 0.435 e. The number of halogens is 3. The van der Waals surface area contributed by atoms with Crippen LogP contribution in [-0.2, 0) is 6.18 Å². The summed E-state index contributed by atoms with van der Waals surface area (Å²) in [6.07, 6.45) is -0.756. The second-order valence-electron chi connectivity index (χ2n) is 4.63. The normalized spacial score (nSPS) is 16.2. The third-order valence-corrected chi connectivity index (χ3v) is 3.31. The Bertz CT molecular complexity index is 404. The van der Waals surface area contributed by atoms with Crippen LogP contribution in [0.25, 0.3) is 0 Å². The summed E-state index contributed by atoms with van der Waals surface area (Å²) in [7, 11) is 0. The van der Waals surface area contributed by atoms with Gasteiger partial charge in [-0.25, -0.2) is 0 Å². The fourth-order valence-corrected chi connectivity index (χ4v) is 2.05. The molecule has 0 saturated heterocycles. The van der Waals surface area contributed by atoms with E-state index in [4.69, 9.17) is 5.11 Å². The second-order valence-corrected chi connectivity index (χ2v) is 4.63. The second kappa shape index (κ2) is 5.73. The Morgan fingerprint density at radius 1 is 1.26 bits per heavy atom. The molecule has 0 amide bonds. The van der Waals surface area contributed by atoms with Crippen LogP contribution in [0, 0.1) is 0 Å². The van der Waals surface area contributed by atoms with E-state index in [2.05, 4.69) is 10.2 Å². The third-order valence-electron chi connectivity index (χ3n) is 3.31. The van der Waals surface area contributed by atoms with Crippen molar-refractivity contribution in [3.05, 3.63) is 17.8 Å². The average Bonchev–Trinajstić information content (AvgIpc) is 2.31. The molecule has 1 fully saturated rings. The molecule has 0 bridgehead atoms. The Kier molecular flexibility index (Phi) is 4.24. The largest absolute Gasteiger partial charge is 0.435 e. The lowest BCUT2D eigenvalue weighted by atomic mass is 9.91. The van der Waals surface area contributed by atoms with Gasteiger partial charge < -0.3 is 10.0 Å². The van der Waals surface area contributed by atoms with Gasteiger partial charge in [0.05, 0.1) is 0 Å². The van der Waals surface area contributed by atoms with Crippen molar-refractivity contribution < 1.29 is 18.3 Å². The van der Waals surface area contributed by atoms with Gasteiger partial charge in [-0.3, -0.25) is 0 Å². The Morgan fingerprint density at radius 2 is 2.00 bits per heavy atom. The van der Waals surface area contributed by atoms with Gasteiger partial charge in [0.25, 0.3) is 0 Å². The Hall–Kier alpha value is -1.37. The highest BCUT2D eigenvalue weighted by molar-refractivity contribution is 5.39. The molecule has 1 heterocycles. The molecule has 1 N–H and O–H groups in total. The first-order chi connectivity index (χ1) is 9.02. The van der Waals surface area contributed by atoms with Crippen molar-refractivity contribution >= 4 is 5.82 Å². The zero-order chi connectivity index (χ0) is 13.9. The van der Waals surface area contributed by atoms with Crippen molar-refractivity contribution in [1.29, 1.82) is 0 Å². The third kappa shape index (κ3) is 3.34. The number of nitrogens with zero attached hydrogens (tertiary/aromatic N) is 3. The molecule has 19 heavy (non-hydrogen) atoms. The van der Waals surface area contributed by atoms with E-state index in [9.17, 15) is 13.2 Å². The van der Waals surface area contributed by atoms with E-state index >= 15 is 0 Å². The van der Waals surface area contributed by atoms with Crippen LogP contribution < -0.4 is 4.90 Å². The van der Waals surface area contributed by atoms with Crippen LogP contribution in [0.4, 0.5) is 19.0 Å². The van der Waals surface area contributed by atoms with Gasteiger partial charge in [0.15, 0.2) is 11.5 Å². The molecule has 0 aromatic carbocycles. The maximum atomic E-state index is 12.4. The summed E-state index contributed by atoms with van der Waals surface area (Å²) in [5, 5.41) is 15.8. The molecule has 2 rings (SSSR count). The highest BCUT2D eigenvalue weighted by atomic mass is 19.4. The Labute approximate surface area is 109 Å². The fourth-order valence-electron chi connectivity index (χ4n) is 2.05. The quantitative estimate of drug-likeness (QED) is 0.895. The topological polar surface area (TPSA) is 49.2 Å². The van der Waals surface area contributed by atoms with Gasteiger partial charge in [0.1, 0.15) is 0 Å². The molecular weight excluding hydrogens is 259 g/mol. The van der Waals surface area contributed by atoms with Gasteiger partial charge in [-0.05, 0) is 37.8 Å². The van der Waals surface area contributed by atoms with E-state index in [1.807, 2.05) is 4.90 Å². The van der Waals surface area contributed by atoms with Crippen LogP contribution >= 0.6 is 0 Å². The van der Waals surface area contributed by atoms with Crippen LogP contribution in [0.15, 0.2) is 12.1 Å². The first kappa shape index (κ1) is 14.0. The summed E-state index contributed by atoms with van der Waals surface area (Å²) in [5.41, 5.74) is -0.980. The molecule has 0 spiro atoms. The van der Waals surface area contributed by atoms with E-state index < -0.39 is 11.9 Å². The minimum Gasteiger partial charge on any atom is -0.396 e. The Balaban J connectivity index is 2.12. The number of aliphatic hydroxyl groups is 1. The van der Waals surface area contributed by atoms with Crippen molar-refractivity contribution in [1.82, 2.24) is 10.2 Å². The molecule has 106 valence electrons. The highest BCUT2D eigenvalue weighted by Gasteiger charge is 2.33. The standard InChI is InChI=1S/C12H16F3N3O/c13-12(14,15)10-5-6-11(17-16-10)18(7-2-8-19)9-3-1-4-9/h5-6,9,19H,1-4,7-8H2. The van der Waals surface area contributed by atoms with Gasteiger partial charge in [-0.1, -0.05) is 0 Å². The first-order valence-electron chi connectivity index (χ1n) is 6.31. The number of rotatable bonds is 5. The maximum absolute atomic E-state index is 12.4. The molecule has 1 aliphatic rings. The van der Waals surface area contributed by atoms with Crippen molar-refractivity contribution in [3.63, 3.8) is 0 Å². The average molecular weight is 275 g/mol. The molecule has 0 unspecified atom stereocenters. The van der Waals surface area contributed by atoms with E-state index in [1.54, 1.807) is 0 Å². The number of hydrogen-bond donors (Lipinski definition) is 1. The molecule has 0 atom stereocenters. The molecule has 4 nitrogen and oxygen atoms in total. The molecule has 7 heteroatoms. The van der Waals surface area contributed by atoms with E-state index in [-0.39, 0.29) is 6.61 Å². The Morgan fingerprint density at radius 3 is 2.42 bits per heavy atom. The number of aliphatic hydroxyl groups excluding tert-OH is 1. The smallest absolute Gasteiger partial charge is 0.396 e. The van der Waals surface area contributed by atoms with Crippen molar-refractivity contribution in [2.45, 2.75) is 37.9 Å². The van der Waals surface area contributed by atoms with Gasteiger partial charge in [-0.2, -0.15) is 13.2 Å². The van der Waals surface area contributed by atoms with Crippen LogP contribution in [0.2, 0.25) is 0 Å². The van der Waals surface area contributed by atoms with Crippen LogP contribution in [-0.4, -0.2) is 34.5 Å². The lowest BCUT2D eigenvalue weighted by Crippen LogP contribution is -2.41. The number of aromatic nitrogens is 2. The molecular formula is C12H16F3N3O. The van der Waals surface area contributed by atoms with Crippen molar-refractivity contribution in [3.8, 4) is 0 Å². The molecule has 1 aliphatic carbocycles. The summed E-state index contributed by atoms with van der Waals surface area (Å²) in [6.45, 7) is 0.637. The lowest BCUT2D eigenvalue weighted by Gasteiger charge is -2.38. The van der Waals surface area contributed by atoms with Crippen molar-refractivity contribution in [2.24, 2.45) is 0 Å². The monoisotopic (exact) mass is 275 g/mol. The number of alkyl halides is 3. The summed E-state index contributed by atoms with van der Waals surface area (Å²) >= 11 is 0. The zero-order valence-electron chi connectivity index (χ0n) is 10.4. The first-order valence-corrected chi connectivity index (χ1v) is 6.31. The number of anilines is 1. The summed E-state index contributed by atoms with van der Waals surface area (Å²) < 4.78 is 37.2. The lowest BCUT2D eigenvalue weighted by molar-refractivity contribution is -0.141. The zero-order valence-corrected chi connectivity index (χ0v) is 10.4. The van der Waals surface area contributed by atoms with Gasteiger partial charge in [-0.15, -0.1) is 10.2 Å². The summed E-state index contributed by atoms with van der Waals surface area (Å²) in [6, 6.07) is 2.61. The van der Waals surface area contributed by atoms with Gasteiger partial charge >= 0.3 is 6.18 Å². The van der Waals surface area contributed by atoms with Gasteiger partial charge in [0.2, 0.25) is 0 Å². The summed E-state index contributed by atoms with van der Waals surface area (Å²) in [5.74, 6) is 0.450. The predicted octanol–water partition coefficient (Wildman–Crippen LogP) is 2.24. The van der Waals surface area contributed by atoms with Crippen LogP contribution in [0.5, 0.6) is 0 Å². The van der Waals surface area contributed by atoms with E-state index in [0.29, 0.717) is 24.8 Å². The van der Waals surface area contributed by atoms with Crippen molar-refractivity contribution in [2.75, 3.05) is 18.1 Å². The SMILES string of the molecule is OCCCN(c1ccc(C(F)(F)F)nn1)C1CCC1. The van der Waals surface area contributed by atoms with Crippen LogP contribution in [0.1, 0.15) is 31.4 Å². The highest BCUT2D eigenvalue weighted by Crippen LogP contribution is 2.30. The minimum absolute atomic E-state index is 0.0529. The number of hydrogen-bond acceptors (Lipinski definition) is 4. The molecule has 1 saturated carbocycles. The molecule has 0 aliphatic heterocycles. The molecule has 0 radical (unpaired) electrons. The van der Waals surface area contributed by atoms with E-state index in [1.165, 1.54) is 6.07 Å². The fraction of sp³-hybridized carbons (Fsp3) is 0.667. The molecule has 1 aromatic rings. The van der Waals surface area contributed by atoms with Crippen LogP contribution in [0.3, 0.4) is 0 Å². The predicted molar refractivity (Wildman–Crippen MR) is 63.7 cm³/mol. The van der Waals surface area contributed by atoms with Gasteiger partial charge in [0, 0.05) is 19.2 Å².